The number of rotatable bonds is 5. The first-order chi connectivity index (χ1) is 13.8. The maximum atomic E-state index is 12.6. The molecule has 2 heterocycles. The van der Waals surface area contributed by atoms with Crippen LogP contribution in [-0.4, -0.2) is 34.9 Å². The molecule has 4 heteroatoms. The molecular weight excluding hydrogens is 346 g/mol. The summed E-state index contributed by atoms with van der Waals surface area (Å²) in [5.41, 5.74) is 4.18. The molecule has 1 amide bonds. The number of nitrogens with zero attached hydrogens (tertiary/aromatic N) is 2. The Labute approximate surface area is 166 Å². The molecule has 1 aliphatic rings. The number of piperidine rings is 1. The molecule has 142 valence electrons. The number of aromatic nitrogens is 1. The SMILES string of the molecule is O=C(NC1CCN(Cc2ccccc2)CC1)c1ccc(-c2cccnc2)cc1. The van der Waals surface area contributed by atoms with Crippen molar-refractivity contribution in [3.63, 3.8) is 0 Å². The maximum absolute atomic E-state index is 12.6. The van der Waals surface area contributed by atoms with Gasteiger partial charge in [-0.2, -0.15) is 0 Å². The van der Waals surface area contributed by atoms with Crippen molar-refractivity contribution in [1.29, 1.82) is 0 Å². The standard InChI is InChI=1S/C24H25N3O/c28-24(21-10-8-20(9-11-21)22-7-4-14-25-17-22)26-23-12-15-27(16-13-23)18-19-5-2-1-3-6-19/h1-11,14,17,23H,12-13,15-16,18H2,(H,26,28). The van der Waals surface area contributed by atoms with Gasteiger partial charge in [0, 0.05) is 43.6 Å². The summed E-state index contributed by atoms with van der Waals surface area (Å²) < 4.78 is 0. The fourth-order valence-corrected chi connectivity index (χ4v) is 3.69. The normalized spacial score (nSPS) is 15.3. The minimum absolute atomic E-state index is 0.0132. The lowest BCUT2D eigenvalue weighted by atomic mass is 10.0. The minimum atomic E-state index is 0.0132. The van der Waals surface area contributed by atoms with Crippen molar-refractivity contribution >= 4 is 5.91 Å². The average molecular weight is 371 g/mol. The Morgan fingerprint density at radius 1 is 0.929 bits per heavy atom. The second-order valence-electron chi connectivity index (χ2n) is 7.33. The average Bonchev–Trinajstić information content (AvgIpc) is 2.76. The lowest BCUT2D eigenvalue weighted by molar-refractivity contribution is 0.0909. The highest BCUT2D eigenvalue weighted by molar-refractivity contribution is 5.94. The van der Waals surface area contributed by atoms with E-state index in [-0.39, 0.29) is 11.9 Å². The second kappa shape index (κ2) is 8.81. The number of carbonyl (C=O) groups excluding carboxylic acids is 1. The van der Waals surface area contributed by atoms with Gasteiger partial charge in [-0.3, -0.25) is 14.7 Å². The number of nitrogens with one attached hydrogen (secondary N) is 1. The first-order valence-corrected chi connectivity index (χ1v) is 9.85. The lowest BCUT2D eigenvalue weighted by Crippen LogP contribution is -2.44. The van der Waals surface area contributed by atoms with E-state index in [9.17, 15) is 4.79 Å². The summed E-state index contributed by atoms with van der Waals surface area (Å²) >= 11 is 0. The van der Waals surface area contributed by atoms with E-state index in [1.165, 1.54) is 5.56 Å². The Balaban J connectivity index is 1.29. The molecule has 0 bridgehead atoms. The fraction of sp³-hybridized carbons (Fsp3) is 0.250. The molecule has 4 nitrogen and oxygen atoms in total. The summed E-state index contributed by atoms with van der Waals surface area (Å²) in [4.78, 5) is 19.2. The predicted octanol–water partition coefficient (Wildman–Crippen LogP) is 4.14. The summed E-state index contributed by atoms with van der Waals surface area (Å²) in [7, 11) is 0. The van der Waals surface area contributed by atoms with Crippen LogP contribution in [-0.2, 0) is 6.54 Å². The van der Waals surface area contributed by atoms with Crippen molar-refractivity contribution < 1.29 is 4.79 Å². The van der Waals surface area contributed by atoms with Crippen LogP contribution < -0.4 is 5.32 Å². The van der Waals surface area contributed by atoms with Crippen LogP contribution in [0.25, 0.3) is 11.1 Å². The smallest absolute Gasteiger partial charge is 0.251 e. The third-order valence-corrected chi connectivity index (χ3v) is 5.31. The Morgan fingerprint density at radius 3 is 2.36 bits per heavy atom. The topological polar surface area (TPSA) is 45.2 Å². The van der Waals surface area contributed by atoms with Gasteiger partial charge in [0.25, 0.3) is 5.91 Å². The van der Waals surface area contributed by atoms with E-state index in [0.717, 1.165) is 43.6 Å². The number of pyridine rings is 1. The van der Waals surface area contributed by atoms with E-state index in [1.807, 2.05) is 42.6 Å². The molecule has 0 radical (unpaired) electrons. The molecule has 1 N–H and O–H groups in total. The van der Waals surface area contributed by atoms with Crippen molar-refractivity contribution in [3.8, 4) is 11.1 Å². The van der Waals surface area contributed by atoms with Gasteiger partial charge in [-0.1, -0.05) is 48.5 Å². The van der Waals surface area contributed by atoms with Gasteiger partial charge in [-0.05, 0) is 47.7 Å². The molecule has 3 aromatic rings. The number of likely N-dealkylation sites (tertiary alicyclic amines) is 1. The highest BCUT2D eigenvalue weighted by atomic mass is 16.1. The van der Waals surface area contributed by atoms with Crippen LogP contribution >= 0.6 is 0 Å². The number of amides is 1. The Bertz CT molecular complexity index is 886. The maximum Gasteiger partial charge on any atom is 0.251 e. The molecule has 0 saturated carbocycles. The first-order valence-electron chi connectivity index (χ1n) is 9.85. The van der Waals surface area contributed by atoms with Gasteiger partial charge in [-0.15, -0.1) is 0 Å². The van der Waals surface area contributed by atoms with E-state index >= 15 is 0 Å². The Morgan fingerprint density at radius 2 is 1.68 bits per heavy atom. The molecule has 0 spiro atoms. The molecule has 4 rings (SSSR count). The zero-order valence-corrected chi connectivity index (χ0v) is 15.9. The van der Waals surface area contributed by atoms with Gasteiger partial charge >= 0.3 is 0 Å². The molecule has 0 aliphatic carbocycles. The molecular formula is C24H25N3O. The zero-order chi connectivity index (χ0) is 19.2. The van der Waals surface area contributed by atoms with Crippen LogP contribution in [0.15, 0.2) is 79.1 Å². The summed E-state index contributed by atoms with van der Waals surface area (Å²) in [6.07, 6.45) is 5.58. The van der Waals surface area contributed by atoms with E-state index in [0.29, 0.717) is 5.56 Å². The van der Waals surface area contributed by atoms with Gasteiger partial charge in [0.2, 0.25) is 0 Å². The molecule has 28 heavy (non-hydrogen) atoms. The highest BCUT2D eigenvalue weighted by Gasteiger charge is 2.21. The van der Waals surface area contributed by atoms with Crippen molar-refractivity contribution in [1.82, 2.24) is 15.2 Å². The predicted molar refractivity (Wildman–Crippen MR) is 112 cm³/mol. The summed E-state index contributed by atoms with van der Waals surface area (Å²) in [5.74, 6) is 0.0132. The van der Waals surface area contributed by atoms with Gasteiger partial charge in [0.15, 0.2) is 0 Å². The van der Waals surface area contributed by atoms with Crippen molar-refractivity contribution in [2.24, 2.45) is 0 Å². The largest absolute Gasteiger partial charge is 0.349 e. The van der Waals surface area contributed by atoms with Crippen LogP contribution in [0.4, 0.5) is 0 Å². The molecule has 1 aliphatic heterocycles. The molecule has 1 saturated heterocycles. The van der Waals surface area contributed by atoms with Crippen LogP contribution in [0, 0.1) is 0 Å². The van der Waals surface area contributed by atoms with E-state index in [1.54, 1.807) is 6.20 Å². The van der Waals surface area contributed by atoms with E-state index in [2.05, 4.69) is 45.5 Å². The third-order valence-electron chi connectivity index (χ3n) is 5.31. The second-order valence-corrected chi connectivity index (χ2v) is 7.33. The fourth-order valence-electron chi connectivity index (χ4n) is 3.69. The minimum Gasteiger partial charge on any atom is -0.349 e. The molecule has 1 fully saturated rings. The quantitative estimate of drug-likeness (QED) is 0.733. The number of benzene rings is 2. The van der Waals surface area contributed by atoms with Crippen molar-refractivity contribution in [3.05, 3.63) is 90.3 Å². The molecule has 2 aromatic carbocycles. The number of carbonyl (C=O) groups is 1. The molecule has 0 unspecified atom stereocenters. The van der Waals surface area contributed by atoms with Crippen molar-refractivity contribution in [2.75, 3.05) is 13.1 Å². The number of hydrogen-bond acceptors (Lipinski definition) is 3. The summed E-state index contributed by atoms with van der Waals surface area (Å²) in [6, 6.07) is 22.5. The van der Waals surface area contributed by atoms with Crippen LogP contribution in [0.3, 0.4) is 0 Å². The highest BCUT2D eigenvalue weighted by Crippen LogP contribution is 2.19. The van der Waals surface area contributed by atoms with E-state index < -0.39 is 0 Å². The number of hydrogen-bond donors (Lipinski definition) is 1. The van der Waals surface area contributed by atoms with Crippen molar-refractivity contribution in [2.45, 2.75) is 25.4 Å². The van der Waals surface area contributed by atoms with Gasteiger partial charge < -0.3 is 5.32 Å². The summed E-state index contributed by atoms with van der Waals surface area (Å²) in [6.45, 7) is 3.01. The van der Waals surface area contributed by atoms with Crippen LogP contribution in [0.5, 0.6) is 0 Å². The third kappa shape index (κ3) is 4.65. The molecule has 0 atom stereocenters. The molecule has 1 aromatic heterocycles. The Kier molecular flexibility index (Phi) is 5.78. The first kappa shape index (κ1) is 18.4. The monoisotopic (exact) mass is 371 g/mol. The lowest BCUT2D eigenvalue weighted by Gasteiger charge is -2.32. The Hall–Kier alpha value is -2.98. The summed E-state index contributed by atoms with van der Waals surface area (Å²) in [5, 5.41) is 3.20. The van der Waals surface area contributed by atoms with Gasteiger partial charge in [0.05, 0.1) is 0 Å². The van der Waals surface area contributed by atoms with Gasteiger partial charge in [0.1, 0.15) is 0 Å². The zero-order valence-electron chi connectivity index (χ0n) is 15.9. The van der Waals surface area contributed by atoms with Crippen LogP contribution in [0.2, 0.25) is 0 Å². The van der Waals surface area contributed by atoms with E-state index in [4.69, 9.17) is 0 Å². The van der Waals surface area contributed by atoms with Crippen LogP contribution in [0.1, 0.15) is 28.8 Å². The van der Waals surface area contributed by atoms with Gasteiger partial charge in [-0.25, -0.2) is 0 Å².